The molecule has 0 saturated heterocycles. The summed E-state index contributed by atoms with van der Waals surface area (Å²) in [6.07, 6.45) is -0.373. The summed E-state index contributed by atoms with van der Waals surface area (Å²) in [5.41, 5.74) is -0.510. The van der Waals surface area contributed by atoms with Crippen molar-refractivity contribution in [3.63, 3.8) is 0 Å². The first kappa shape index (κ1) is 33.5. The van der Waals surface area contributed by atoms with Crippen LogP contribution in [0.4, 0.5) is 4.79 Å². The zero-order valence-corrected chi connectivity index (χ0v) is 21.8. The Balaban J connectivity index is 3.20. The molecule has 0 atom stereocenters. The van der Waals surface area contributed by atoms with E-state index in [9.17, 15) is 9.59 Å². The average Bonchev–Trinajstić information content (AvgIpc) is 2.78. The van der Waals surface area contributed by atoms with E-state index in [-0.39, 0.29) is 19.1 Å². The molecule has 0 aromatic carbocycles. The second-order valence-corrected chi connectivity index (χ2v) is 8.33. The lowest BCUT2D eigenvalue weighted by Crippen LogP contribution is -2.36. The van der Waals surface area contributed by atoms with Gasteiger partial charge in [-0.2, -0.15) is 0 Å². The molecule has 1 N–H and O–H groups in total. The molecule has 0 saturated carbocycles. The minimum atomic E-state index is -0.876. The third-order valence-electron chi connectivity index (χ3n) is 3.97. The third-order valence-corrected chi connectivity index (χ3v) is 3.97. The van der Waals surface area contributed by atoms with Crippen LogP contribution in [0.5, 0.6) is 0 Å². The Morgan fingerprint density at radius 3 is 1.23 bits per heavy atom. The van der Waals surface area contributed by atoms with Gasteiger partial charge in [-0.3, -0.25) is 4.79 Å². The first-order valence-electron chi connectivity index (χ1n) is 11.9. The maximum absolute atomic E-state index is 11.8. The van der Waals surface area contributed by atoms with Crippen LogP contribution in [0.15, 0.2) is 0 Å². The fraction of sp³-hybridized carbons (Fsp3) is 0.913. The van der Waals surface area contributed by atoms with Gasteiger partial charge in [0.15, 0.2) is 0 Å². The van der Waals surface area contributed by atoms with Crippen molar-refractivity contribution in [3.05, 3.63) is 0 Å². The fourth-order valence-electron chi connectivity index (χ4n) is 2.21. The normalized spacial score (nSPS) is 11.5. The number of ether oxygens (including phenoxy) is 8. The number of rotatable bonds is 24. The highest BCUT2D eigenvalue weighted by Gasteiger charge is 2.19. The zero-order valence-electron chi connectivity index (χ0n) is 21.8. The molecule has 0 fully saturated rings. The summed E-state index contributed by atoms with van der Waals surface area (Å²) in [5, 5.41) is 8.46. The van der Waals surface area contributed by atoms with E-state index in [0.29, 0.717) is 92.4 Å². The summed E-state index contributed by atoms with van der Waals surface area (Å²) in [5.74, 6) is -0.876. The Morgan fingerprint density at radius 2 is 0.914 bits per heavy atom. The summed E-state index contributed by atoms with van der Waals surface area (Å²) < 4.78 is 42.7. The van der Waals surface area contributed by atoms with Gasteiger partial charge < -0.3 is 47.9 Å². The first-order chi connectivity index (χ1) is 16.7. The van der Waals surface area contributed by atoms with E-state index in [4.69, 9.17) is 43.0 Å². The van der Waals surface area contributed by atoms with Crippen molar-refractivity contribution in [2.24, 2.45) is 0 Å². The lowest BCUT2D eigenvalue weighted by atomic mass is 10.2. The van der Waals surface area contributed by atoms with Crippen molar-refractivity contribution in [2.45, 2.75) is 32.8 Å². The lowest BCUT2D eigenvalue weighted by molar-refractivity contribution is -0.138. The molecule has 0 aliphatic heterocycles. The number of hydrogen-bond donors (Lipinski definition) is 1. The summed E-state index contributed by atoms with van der Waals surface area (Å²) in [7, 11) is 1.67. The summed E-state index contributed by atoms with van der Waals surface area (Å²) in [4.78, 5) is 23.6. The topological polar surface area (TPSA) is 131 Å². The minimum absolute atomic E-state index is 0.00333. The van der Waals surface area contributed by atoms with Gasteiger partial charge in [0.25, 0.3) is 0 Å². The van der Waals surface area contributed by atoms with Gasteiger partial charge in [-0.05, 0) is 20.8 Å². The highest BCUT2D eigenvalue weighted by molar-refractivity contribution is 5.67. The molecule has 12 nitrogen and oxygen atoms in total. The Morgan fingerprint density at radius 1 is 0.600 bits per heavy atom. The Labute approximate surface area is 209 Å². The molecule has 0 aliphatic carbocycles. The SMILES string of the molecule is CN(CCOCCOCCOCCOCCOCCOCCOCCC(=O)O)C(=O)OC(C)(C)C. The molecule has 0 rings (SSSR count). The average molecular weight is 512 g/mol. The van der Waals surface area contributed by atoms with Crippen LogP contribution in [0.2, 0.25) is 0 Å². The van der Waals surface area contributed by atoms with Crippen molar-refractivity contribution in [2.75, 3.05) is 106 Å². The van der Waals surface area contributed by atoms with E-state index in [2.05, 4.69) is 0 Å². The van der Waals surface area contributed by atoms with E-state index in [1.165, 1.54) is 4.90 Å². The zero-order chi connectivity index (χ0) is 26.2. The van der Waals surface area contributed by atoms with Crippen molar-refractivity contribution in [1.82, 2.24) is 4.90 Å². The minimum Gasteiger partial charge on any atom is -0.481 e. The molecule has 0 unspecified atom stereocenters. The summed E-state index contributed by atoms with van der Waals surface area (Å²) in [6.45, 7) is 11.9. The number of likely N-dealkylation sites (N-methyl/N-ethyl adjacent to an activating group) is 1. The largest absolute Gasteiger partial charge is 0.481 e. The molecule has 208 valence electrons. The van der Waals surface area contributed by atoms with Crippen LogP contribution in [-0.4, -0.2) is 134 Å². The van der Waals surface area contributed by atoms with Crippen LogP contribution in [0.25, 0.3) is 0 Å². The molecule has 0 aromatic rings. The first-order valence-corrected chi connectivity index (χ1v) is 11.9. The smallest absolute Gasteiger partial charge is 0.410 e. The van der Waals surface area contributed by atoms with E-state index in [0.717, 1.165) is 0 Å². The van der Waals surface area contributed by atoms with Crippen LogP contribution in [-0.2, 0) is 42.7 Å². The monoisotopic (exact) mass is 511 g/mol. The predicted octanol–water partition coefficient (Wildman–Crippen LogP) is 1.44. The second kappa shape index (κ2) is 22.9. The van der Waals surface area contributed by atoms with Crippen molar-refractivity contribution in [3.8, 4) is 0 Å². The number of carboxylic acid groups (broad SMARTS) is 1. The van der Waals surface area contributed by atoms with Crippen LogP contribution in [0.3, 0.4) is 0 Å². The maximum atomic E-state index is 11.8. The predicted molar refractivity (Wildman–Crippen MR) is 127 cm³/mol. The highest BCUT2D eigenvalue weighted by Crippen LogP contribution is 2.08. The van der Waals surface area contributed by atoms with E-state index < -0.39 is 11.6 Å². The number of carbonyl (C=O) groups excluding carboxylic acids is 1. The Bertz CT molecular complexity index is 514. The van der Waals surface area contributed by atoms with Crippen LogP contribution in [0, 0.1) is 0 Å². The molecule has 35 heavy (non-hydrogen) atoms. The molecule has 1 amide bonds. The Kier molecular flexibility index (Phi) is 21.9. The number of hydrogen-bond acceptors (Lipinski definition) is 10. The number of carboxylic acids is 1. The molecule has 12 heteroatoms. The van der Waals surface area contributed by atoms with Gasteiger partial charge in [0.2, 0.25) is 0 Å². The van der Waals surface area contributed by atoms with Gasteiger partial charge in [-0.25, -0.2) is 4.79 Å². The number of aliphatic carboxylic acids is 1. The van der Waals surface area contributed by atoms with E-state index in [1.807, 2.05) is 20.8 Å². The van der Waals surface area contributed by atoms with Crippen LogP contribution < -0.4 is 0 Å². The van der Waals surface area contributed by atoms with Crippen molar-refractivity contribution < 1.29 is 52.6 Å². The summed E-state index contributed by atoms with van der Waals surface area (Å²) >= 11 is 0. The highest BCUT2D eigenvalue weighted by atomic mass is 16.6. The number of amides is 1. The molecule has 0 radical (unpaired) electrons. The van der Waals surface area contributed by atoms with Gasteiger partial charge in [0, 0.05) is 13.6 Å². The molecule has 0 spiro atoms. The number of carbonyl (C=O) groups is 2. The number of nitrogens with zero attached hydrogens (tertiary/aromatic N) is 1. The standard InChI is InChI=1S/C23H45NO11/c1-23(2,3)35-22(27)24(4)6-8-29-10-12-31-14-16-33-18-20-34-19-17-32-15-13-30-11-9-28-7-5-21(25)26/h5-20H2,1-4H3,(H,25,26). The quantitative estimate of drug-likeness (QED) is 0.189. The van der Waals surface area contributed by atoms with Gasteiger partial charge in [-0.1, -0.05) is 0 Å². The fourth-order valence-corrected chi connectivity index (χ4v) is 2.21. The molecule has 0 bridgehead atoms. The Hall–Kier alpha value is -1.54. The second-order valence-electron chi connectivity index (χ2n) is 8.33. The van der Waals surface area contributed by atoms with Crippen molar-refractivity contribution in [1.29, 1.82) is 0 Å². The molecular formula is C23H45NO11. The van der Waals surface area contributed by atoms with Crippen LogP contribution >= 0.6 is 0 Å². The molecule has 0 heterocycles. The molecular weight excluding hydrogens is 466 g/mol. The van der Waals surface area contributed by atoms with Gasteiger partial charge >= 0.3 is 12.1 Å². The van der Waals surface area contributed by atoms with Crippen LogP contribution in [0.1, 0.15) is 27.2 Å². The summed E-state index contributed by atoms with van der Waals surface area (Å²) in [6, 6.07) is 0. The van der Waals surface area contributed by atoms with E-state index >= 15 is 0 Å². The maximum Gasteiger partial charge on any atom is 0.410 e. The molecule has 0 aromatic heterocycles. The van der Waals surface area contributed by atoms with E-state index in [1.54, 1.807) is 7.05 Å². The van der Waals surface area contributed by atoms with Gasteiger partial charge in [-0.15, -0.1) is 0 Å². The van der Waals surface area contributed by atoms with Gasteiger partial charge in [0.1, 0.15) is 5.60 Å². The lowest BCUT2D eigenvalue weighted by Gasteiger charge is -2.24. The van der Waals surface area contributed by atoms with Gasteiger partial charge in [0.05, 0.1) is 98.9 Å². The third kappa shape index (κ3) is 26.9. The van der Waals surface area contributed by atoms with Crippen molar-refractivity contribution >= 4 is 12.1 Å². The molecule has 0 aliphatic rings.